The van der Waals surface area contributed by atoms with E-state index in [1.165, 1.54) is 23.9 Å². The lowest BCUT2D eigenvalue weighted by Crippen LogP contribution is -2.24. The second-order valence-electron chi connectivity index (χ2n) is 8.58. The van der Waals surface area contributed by atoms with E-state index in [-0.39, 0.29) is 12.5 Å². The maximum absolute atomic E-state index is 13.0. The van der Waals surface area contributed by atoms with Crippen LogP contribution in [0.3, 0.4) is 0 Å². The molecule has 38 heavy (non-hydrogen) atoms. The van der Waals surface area contributed by atoms with Gasteiger partial charge >= 0.3 is 5.38 Å². The summed E-state index contributed by atoms with van der Waals surface area (Å²) >= 11 is 10.0. The molecule has 0 fully saturated rings. The standard InChI is InChI=1S/C27H25BrClF2N3O3S/c1-38-26-33-23-12-19(25(36)32-20-9-7-17(8-10-20)13-27(29,30)31)11-22(28)24(23)34(26)14-21(15-35)37-16-18-5-3-2-4-6-18/h2-12,21,35H,13-16H2,1H3,(H,32,36)/t21-/m0/s1. The summed E-state index contributed by atoms with van der Waals surface area (Å²) in [5.41, 5.74) is 3.58. The molecule has 6 nitrogen and oxygen atoms in total. The van der Waals surface area contributed by atoms with E-state index in [1.807, 2.05) is 41.2 Å². The van der Waals surface area contributed by atoms with Crippen LogP contribution in [-0.2, 0) is 24.3 Å². The number of aromatic nitrogens is 2. The van der Waals surface area contributed by atoms with Crippen LogP contribution in [-0.4, -0.2) is 44.9 Å². The van der Waals surface area contributed by atoms with Crippen molar-refractivity contribution in [2.24, 2.45) is 0 Å². The number of rotatable bonds is 11. The lowest BCUT2D eigenvalue weighted by atomic mass is 10.1. The first-order chi connectivity index (χ1) is 18.2. The number of hydrogen-bond acceptors (Lipinski definition) is 5. The summed E-state index contributed by atoms with van der Waals surface area (Å²) in [6.07, 6.45) is 0.846. The van der Waals surface area contributed by atoms with Gasteiger partial charge in [-0.1, -0.05) is 54.2 Å². The minimum atomic E-state index is -3.32. The molecule has 4 rings (SSSR count). The molecule has 200 valence electrons. The number of aliphatic hydroxyl groups is 1. The van der Waals surface area contributed by atoms with Gasteiger partial charge in [0.2, 0.25) is 0 Å². The summed E-state index contributed by atoms with van der Waals surface area (Å²) in [4.78, 5) is 17.7. The fourth-order valence-electron chi connectivity index (χ4n) is 3.95. The van der Waals surface area contributed by atoms with Gasteiger partial charge in [0.15, 0.2) is 5.16 Å². The van der Waals surface area contributed by atoms with Crippen molar-refractivity contribution in [1.82, 2.24) is 9.55 Å². The third-order valence-electron chi connectivity index (χ3n) is 5.74. The number of benzene rings is 3. The van der Waals surface area contributed by atoms with Crippen molar-refractivity contribution in [3.8, 4) is 0 Å². The maximum Gasteiger partial charge on any atom is 0.325 e. The molecule has 0 aliphatic rings. The third kappa shape index (κ3) is 7.33. The molecular weight excluding hydrogens is 600 g/mol. The number of ether oxygens (including phenoxy) is 1. The SMILES string of the molecule is CSc1nc2cc(C(=O)Nc3ccc(CC(F)(F)Cl)cc3)cc(Br)c2n1C[C@@H](CO)OCc1ccccc1. The summed E-state index contributed by atoms with van der Waals surface area (Å²) < 4.78 is 34.6. The van der Waals surface area contributed by atoms with E-state index in [0.717, 1.165) is 11.1 Å². The Morgan fingerprint density at radius 2 is 1.89 bits per heavy atom. The van der Waals surface area contributed by atoms with Gasteiger partial charge in [-0.05, 0) is 69.2 Å². The second kappa shape index (κ2) is 12.6. The van der Waals surface area contributed by atoms with Crippen LogP contribution in [0.5, 0.6) is 0 Å². The Morgan fingerprint density at radius 3 is 2.53 bits per heavy atom. The third-order valence-corrected chi connectivity index (χ3v) is 7.15. The normalized spacial score (nSPS) is 12.6. The maximum atomic E-state index is 13.0. The van der Waals surface area contributed by atoms with Gasteiger partial charge in [0.1, 0.15) is 0 Å². The summed E-state index contributed by atoms with van der Waals surface area (Å²) in [7, 11) is 0. The van der Waals surface area contributed by atoms with Crippen LogP contribution in [0.1, 0.15) is 21.5 Å². The second-order valence-corrected chi connectivity index (χ2v) is 10.8. The fourth-order valence-corrected chi connectivity index (χ4v) is 5.34. The molecule has 1 aromatic heterocycles. The molecular formula is C27H25BrClF2N3O3S. The number of carbonyl (C=O) groups excluding carboxylic acids is 1. The molecule has 0 saturated heterocycles. The summed E-state index contributed by atoms with van der Waals surface area (Å²) in [6.45, 7) is 0.571. The number of hydrogen-bond donors (Lipinski definition) is 2. The van der Waals surface area contributed by atoms with Crippen molar-refractivity contribution >= 4 is 61.9 Å². The molecule has 0 bridgehead atoms. The van der Waals surface area contributed by atoms with Crippen LogP contribution in [0.4, 0.5) is 14.5 Å². The molecule has 11 heteroatoms. The number of halogens is 4. The number of thioether (sulfide) groups is 1. The molecule has 0 aliphatic carbocycles. The van der Waals surface area contributed by atoms with Gasteiger partial charge in [0.05, 0.1) is 43.3 Å². The Labute approximate surface area is 236 Å². The van der Waals surface area contributed by atoms with Crippen LogP contribution in [0.2, 0.25) is 0 Å². The number of anilines is 1. The highest BCUT2D eigenvalue weighted by atomic mass is 79.9. The Hall–Kier alpha value is -2.50. The Kier molecular flexibility index (Phi) is 9.43. The highest BCUT2D eigenvalue weighted by molar-refractivity contribution is 9.10. The Bertz CT molecular complexity index is 1400. The predicted octanol–water partition coefficient (Wildman–Crippen LogP) is 6.72. The number of carbonyl (C=O) groups is 1. The molecule has 0 radical (unpaired) electrons. The largest absolute Gasteiger partial charge is 0.394 e. The predicted molar refractivity (Wildman–Crippen MR) is 150 cm³/mol. The van der Waals surface area contributed by atoms with E-state index in [9.17, 15) is 18.7 Å². The minimum absolute atomic E-state index is 0.167. The van der Waals surface area contributed by atoms with E-state index in [0.29, 0.717) is 45.1 Å². The van der Waals surface area contributed by atoms with Crippen molar-refractivity contribution < 1.29 is 23.4 Å². The van der Waals surface area contributed by atoms with Gasteiger partial charge in [-0.15, -0.1) is 0 Å². The number of aliphatic hydroxyl groups excluding tert-OH is 1. The fraction of sp³-hybridized carbons (Fsp3) is 0.259. The van der Waals surface area contributed by atoms with E-state index in [1.54, 1.807) is 24.3 Å². The van der Waals surface area contributed by atoms with Crippen molar-refractivity contribution in [2.75, 3.05) is 18.2 Å². The number of amides is 1. The zero-order chi connectivity index (χ0) is 27.3. The van der Waals surface area contributed by atoms with Crippen molar-refractivity contribution in [3.05, 3.63) is 87.9 Å². The molecule has 0 aliphatic heterocycles. The van der Waals surface area contributed by atoms with E-state index in [2.05, 4.69) is 26.2 Å². The van der Waals surface area contributed by atoms with Crippen LogP contribution >= 0.6 is 39.3 Å². The van der Waals surface area contributed by atoms with Gasteiger partial charge in [0.25, 0.3) is 5.91 Å². The number of nitrogens with zero attached hydrogens (tertiary/aromatic N) is 2. The number of alkyl halides is 3. The van der Waals surface area contributed by atoms with Crippen molar-refractivity contribution in [3.63, 3.8) is 0 Å². The summed E-state index contributed by atoms with van der Waals surface area (Å²) in [6, 6.07) is 19.2. The molecule has 0 unspecified atom stereocenters. The zero-order valence-corrected chi connectivity index (χ0v) is 23.5. The Balaban J connectivity index is 1.52. The number of nitrogens with one attached hydrogen (secondary N) is 1. The van der Waals surface area contributed by atoms with Gasteiger partial charge in [-0.3, -0.25) is 4.79 Å². The topological polar surface area (TPSA) is 76.4 Å². The van der Waals surface area contributed by atoms with Gasteiger partial charge < -0.3 is 19.7 Å². The number of imidazole rings is 1. The average Bonchev–Trinajstić information content (AvgIpc) is 3.25. The zero-order valence-electron chi connectivity index (χ0n) is 20.3. The monoisotopic (exact) mass is 623 g/mol. The highest BCUT2D eigenvalue weighted by Gasteiger charge is 2.25. The lowest BCUT2D eigenvalue weighted by molar-refractivity contribution is -0.00772. The van der Waals surface area contributed by atoms with E-state index < -0.39 is 17.9 Å². The summed E-state index contributed by atoms with van der Waals surface area (Å²) in [5, 5.41) is 10.1. The van der Waals surface area contributed by atoms with Gasteiger partial charge in [0, 0.05) is 15.7 Å². The van der Waals surface area contributed by atoms with Crippen molar-refractivity contribution in [1.29, 1.82) is 0 Å². The first kappa shape index (κ1) is 28.5. The quantitative estimate of drug-likeness (QED) is 0.143. The molecule has 1 heterocycles. The Morgan fingerprint density at radius 1 is 1.18 bits per heavy atom. The molecule has 2 N–H and O–H groups in total. The first-order valence-corrected chi connectivity index (χ1v) is 14.0. The summed E-state index contributed by atoms with van der Waals surface area (Å²) in [5.74, 6) is -0.372. The average molecular weight is 625 g/mol. The molecule has 0 spiro atoms. The van der Waals surface area contributed by atoms with E-state index in [4.69, 9.17) is 16.3 Å². The molecule has 4 aromatic rings. The number of fused-ring (bicyclic) bond motifs is 1. The van der Waals surface area contributed by atoms with Crippen LogP contribution in [0.25, 0.3) is 11.0 Å². The molecule has 1 atom stereocenters. The smallest absolute Gasteiger partial charge is 0.325 e. The van der Waals surface area contributed by atoms with E-state index >= 15 is 0 Å². The molecule has 0 saturated carbocycles. The van der Waals surface area contributed by atoms with Crippen LogP contribution in [0.15, 0.2) is 76.4 Å². The molecule has 1 amide bonds. The lowest BCUT2D eigenvalue weighted by Gasteiger charge is -2.18. The highest BCUT2D eigenvalue weighted by Crippen LogP contribution is 2.31. The van der Waals surface area contributed by atoms with Crippen LogP contribution in [0, 0.1) is 0 Å². The minimum Gasteiger partial charge on any atom is -0.394 e. The van der Waals surface area contributed by atoms with Gasteiger partial charge in [-0.25, -0.2) is 4.98 Å². The molecule has 3 aromatic carbocycles. The van der Waals surface area contributed by atoms with Crippen molar-refractivity contribution in [2.45, 2.75) is 36.2 Å². The van der Waals surface area contributed by atoms with Gasteiger partial charge in [-0.2, -0.15) is 8.78 Å². The first-order valence-electron chi connectivity index (χ1n) is 11.6. The van der Waals surface area contributed by atoms with Crippen LogP contribution < -0.4 is 5.32 Å².